The molecule has 2 aromatic rings. The van der Waals surface area contributed by atoms with Crippen LogP contribution in [0.2, 0.25) is 5.02 Å². The summed E-state index contributed by atoms with van der Waals surface area (Å²) in [5.41, 5.74) is 5.40. The minimum absolute atomic E-state index is 0.0791. The van der Waals surface area contributed by atoms with Crippen LogP contribution in [0.5, 0.6) is 0 Å². The first kappa shape index (κ1) is 21.3. The number of hydrogen-bond acceptors (Lipinski definition) is 5. The summed E-state index contributed by atoms with van der Waals surface area (Å²) in [6.45, 7) is 1.92. The van der Waals surface area contributed by atoms with E-state index in [1.54, 1.807) is 25.1 Å². The minimum atomic E-state index is -0.764. The molecule has 9 nitrogen and oxygen atoms in total. The summed E-state index contributed by atoms with van der Waals surface area (Å²) in [4.78, 5) is 49.5. The van der Waals surface area contributed by atoms with Gasteiger partial charge in [-0.05, 0) is 44.0 Å². The predicted molar refractivity (Wildman–Crippen MR) is 109 cm³/mol. The number of nitro groups is 1. The maximum absolute atomic E-state index is 12.9. The molecule has 3 amide bonds. The van der Waals surface area contributed by atoms with Gasteiger partial charge < -0.3 is 4.90 Å². The molecule has 1 atom stereocenters. The highest BCUT2D eigenvalue weighted by Gasteiger charge is 2.35. The Morgan fingerprint density at radius 1 is 1.17 bits per heavy atom. The highest BCUT2D eigenvalue weighted by Crippen LogP contribution is 2.24. The summed E-state index contributed by atoms with van der Waals surface area (Å²) in [5.74, 6) is -1.50. The molecule has 10 heteroatoms. The lowest BCUT2D eigenvalue weighted by Crippen LogP contribution is -2.51. The van der Waals surface area contributed by atoms with Crippen molar-refractivity contribution in [2.24, 2.45) is 0 Å². The molecule has 1 saturated heterocycles. The first-order chi connectivity index (χ1) is 14.3. The number of nitro benzene ring substituents is 1. The molecule has 2 aromatic carbocycles. The number of rotatable bonds is 4. The molecule has 1 aliphatic heterocycles. The van der Waals surface area contributed by atoms with Crippen molar-refractivity contribution in [2.75, 3.05) is 6.54 Å². The quantitative estimate of drug-likeness (QED) is 0.570. The molecule has 3 rings (SSSR count). The van der Waals surface area contributed by atoms with E-state index in [0.717, 1.165) is 0 Å². The standard InChI is InChI=1S/C20H19ClN4O5/c1-12-11-13(8-9-16(12)25(29)30)20(28)24-10-4-7-17(24)19(27)23-22-18(26)14-5-2-3-6-15(14)21/h2-3,5-6,8-9,11,17H,4,7,10H2,1H3,(H,22,26)(H,23,27). The van der Waals surface area contributed by atoms with Crippen molar-refractivity contribution in [3.05, 3.63) is 74.3 Å². The van der Waals surface area contributed by atoms with E-state index < -0.39 is 28.7 Å². The van der Waals surface area contributed by atoms with Crippen molar-refractivity contribution in [2.45, 2.75) is 25.8 Å². The Kier molecular flexibility index (Phi) is 6.31. The smallest absolute Gasteiger partial charge is 0.272 e. The normalized spacial score (nSPS) is 15.5. The van der Waals surface area contributed by atoms with Crippen LogP contribution < -0.4 is 10.9 Å². The maximum atomic E-state index is 12.9. The Morgan fingerprint density at radius 3 is 2.57 bits per heavy atom. The highest BCUT2D eigenvalue weighted by atomic mass is 35.5. The predicted octanol–water partition coefficient (Wildman–Crippen LogP) is 2.62. The molecule has 1 fully saturated rings. The summed E-state index contributed by atoms with van der Waals surface area (Å²) in [6.07, 6.45) is 1.06. The van der Waals surface area contributed by atoms with Crippen molar-refractivity contribution in [3.63, 3.8) is 0 Å². The Labute approximate surface area is 177 Å². The van der Waals surface area contributed by atoms with Gasteiger partial charge in [0.05, 0.1) is 15.5 Å². The van der Waals surface area contributed by atoms with E-state index in [-0.39, 0.29) is 21.8 Å². The first-order valence-corrected chi connectivity index (χ1v) is 9.58. The van der Waals surface area contributed by atoms with Gasteiger partial charge in [0.15, 0.2) is 0 Å². The first-order valence-electron chi connectivity index (χ1n) is 9.20. The number of likely N-dealkylation sites (tertiary alicyclic amines) is 1. The monoisotopic (exact) mass is 430 g/mol. The van der Waals surface area contributed by atoms with Gasteiger partial charge in [-0.2, -0.15) is 0 Å². The molecule has 0 bridgehead atoms. The second-order valence-electron chi connectivity index (χ2n) is 6.84. The summed E-state index contributed by atoms with van der Waals surface area (Å²) in [5, 5.41) is 11.2. The van der Waals surface area contributed by atoms with Crippen LogP contribution in [0.25, 0.3) is 0 Å². The van der Waals surface area contributed by atoms with Gasteiger partial charge in [-0.25, -0.2) is 0 Å². The van der Waals surface area contributed by atoms with Gasteiger partial charge in [-0.3, -0.25) is 35.3 Å². The number of benzene rings is 2. The van der Waals surface area contributed by atoms with E-state index in [0.29, 0.717) is 24.9 Å². The van der Waals surface area contributed by atoms with Crippen molar-refractivity contribution in [1.82, 2.24) is 15.8 Å². The number of halogens is 1. The molecule has 0 aliphatic carbocycles. The van der Waals surface area contributed by atoms with Crippen LogP contribution in [0, 0.1) is 17.0 Å². The number of hydrogen-bond donors (Lipinski definition) is 2. The Bertz CT molecular complexity index is 1030. The van der Waals surface area contributed by atoms with Crippen LogP contribution in [0.4, 0.5) is 5.69 Å². The SMILES string of the molecule is Cc1cc(C(=O)N2CCCC2C(=O)NNC(=O)c2ccccc2Cl)ccc1[N+](=O)[O-]. The van der Waals surface area contributed by atoms with Gasteiger partial charge in [0.25, 0.3) is 23.4 Å². The van der Waals surface area contributed by atoms with Gasteiger partial charge in [0, 0.05) is 23.7 Å². The minimum Gasteiger partial charge on any atom is -0.327 e. The van der Waals surface area contributed by atoms with E-state index >= 15 is 0 Å². The Morgan fingerprint density at radius 2 is 1.90 bits per heavy atom. The van der Waals surface area contributed by atoms with Crippen LogP contribution in [0.3, 0.4) is 0 Å². The van der Waals surface area contributed by atoms with Crippen LogP contribution in [-0.4, -0.2) is 40.1 Å². The molecule has 0 saturated carbocycles. The molecule has 1 heterocycles. The molecular weight excluding hydrogens is 412 g/mol. The van der Waals surface area contributed by atoms with Crippen molar-refractivity contribution < 1.29 is 19.3 Å². The van der Waals surface area contributed by atoms with E-state index in [4.69, 9.17) is 11.6 Å². The van der Waals surface area contributed by atoms with Crippen LogP contribution in [0.1, 0.15) is 39.1 Å². The number of nitrogens with zero attached hydrogens (tertiary/aromatic N) is 2. The lowest BCUT2D eigenvalue weighted by molar-refractivity contribution is -0.385. The second-order valence-corrected chi connectivity index (χ2v) is 7.25. The molecular formula is C20H19ClN4O5. The zero-order chi connectivity index (χ0) is 21.8. The van der Waals surface area contributed by atoms with E-state index in [9.17, 15) is 24.5 Å². The lowest BCUT2D eigenvalue weighted by Gasteiger charge is -2.24. The number of carbonyl (C=O) groups is 3. The zero-order valence-electron chi connectivity index (χ0n) is 16.1. The number of amides is 3. The number of carbonyl (C=O) groups excluding carboxylic acids is 3. The third-order valence-electron chi connectivity index (χ3n) is 4.87. The van der Waals surface area contributed by atoms with E-state index in [2.05, 4.69) is 10.9 Å². The topological polar surface area (TPSA) is 122 Å². The summed E-state index contributed by atoms with van der Waals surface area (Å²) in [7, 11) is 0. The van der Waals surface area contributed by atoms with Crippen molar-refractivity contribution in [1.29, 1.82) is 0 Å². The van der Waals surface area contributed by atoms with Gasteiger partial charge in [0.2, 0.25) is 0 Å². The number of hydrazine groups is 1. The summed E-state index contributed by atoms with van der Waals surface area (Å²) < 4.78 is 0. The van der Waals surface area contributed by atoms with Crippen LogP contribution in [-0.2, 0) is 4.79 Å². The van der Waals surface area contributed by atoms with E-state index in [1.165, 1.54) is 29.2 Å². The van der Waals surface area contributed by atoms with Gasteiger partial charge in [0.1, 0.15) is 6.04 Å². The Hall–Kier alpha value is -3.46. The number of aryl methyl sites for hydroxylation is 1. The third-order valence-corrected chi connectivity index (χ3v) is 5.20. The molecule has 0 spiro atoms. The Balaban J connectivity index is 1.67. The summed E-state index contributed by atoms with van der Waals surface area (Å²) >= 11 is 5.97. The van der Waals surface area contributed by atoms with Crippen molar-refractivity contribution >= 4 is 35.0 Å². The molecule has 156 valence electrons. The van der Waals surface area contributed by atoms with Crippen molar-refractivity contribution in [3.8, 4) is 0 Å². The number of nitrogens with one attached hydrogen (secondary N) is 2. The van der Waals surface area contributed by atoms with Gasteiger partial charge >= 0.3 is 0 Å². The zero-order valence-corrected chi connectivity index (χ0v) is 16.8. The fourth-order valence-corrected chi connectivity index (χ4v) is 3.58. The molecule has 0 aromatic heterocycles. The molecule has 2 N–H and O–H groups in total. The molecule has 1 unspecified atom stereocenters. The van der Waals surface area contributed by atoms with Crippen LogP contribution >= 0.6 is 11.6 Å². The molecule has 1 aliphatic rings. The average Bonchev–Trinajstić information content (AvgIpc) is 3.21. The van der Waals surface area contributed by atoms with Gasteiger partial charge in [-0.15, -0.1) is 0 Å². The van der Waals surface area contributed by atoms with Gasteiger partial charge in [-0.1, -0.05) is 23.7 Å². The molecule has 30 heavy (non-hydrogen) atoms. The fraction of sp³-hybridized carbons (Fsp3) is 0.250. The fourth-order valence-electron chi connectivity index (χ4n) is 3.36. The average molecular weight is 431 g/mol. The maximum Gasteiger partial charge on any atom is 0.272 e. The third kappa shape index (κ3) is 4.41. The molecule has 0 radical (unpaired) electrons. The lowest BCUT2D eigenvalue weighted by atomic mass is 10.1. The summed E-state index contributed by atoms with van der Waals surface area (Å²) in [6, 6.07) is 9.73. The van der Waals surface area contributed by atoms with Crippen LogP contribution in [0.15, 0.2) is 42.5 Å². The second kappa shape index (κ2) is 8.91. The van der Waals surface area contributed by atoms with E-state index in [1.807, 2.05) is 0 Å². The highest BCUT2D eigenvalue weighted by molar-refractivity contribution is 6.33. The largest absolute Gasteiger partial charge is 0.327 e.